The van der Waals surface area contributed by atoms with Crippen molar-refractivity contribution in [3.05, 3.63) is 28.8 Å². The summed E-state index contributed by atoms with van der Waals surface area (Å²) in [6, 6.07) is 5.96. The van der Waals surface area contributed by atoms with Crippen LogP contribution in [0.3, 0.4) is 0 Å². The summed E-state index contributed by atoms with van der Waals surface area (Å²) in [6.45, 7) is 0. The van der Waals surface area contributed by atoms with Gasteiger partial charge in [-0.1, -0.05) is 34.2 Å². The Morgan fingerprint density at radius 3 is 2.53 bits per heavy atom. The second-order valence-electron chi connectivity index (χ2n) is 4.81. The second-order valence-corrected chi connectivity index (χ2v) is 7.53. The summed E-state index contributed by atoms with van der Waals surface area (Å²) in [5.74, 6) is 0.998. The molecule has 1 aromatic rings. The van der Waals surface area contributed by atoms with E-state index in [1.54, 1.807) is 7.11 Å². The summed E-state index contributed by atoms with van der Waals surface area (Å²) in [4.78, 5) is 0. The highest BCUT2D eigenvalue weighted by Gasteiger charge is 2.67. The van der Waals surface area contributed by atoms with Crippen LogP contribution in [0.15, 0.2) is 18.2 Å². The Hall–Kier alpha value is 0.0400. The zero-order chi connectivity index (χ0) is 10.7. The first-order valence-corrected chi connectivity index (χ1v) is 6.56. The van der Waals surface area contributed by atoms with Crippen molar-refractivity contribution in [1.82, 2.24) is 0 Å². The molecule has 2 bridgehead atoms. The monoisotopic (exact) mass is 334 g/mol. The third-order valence-corrected chi connectivity index (χ3v) is 5.08. The van der Waals surface area contributed by atoms with Gasteiger partial charge in [-0.05, 0) is 37.5 Å². The van der Waals surface area contributed by atoms with Gasteiger partial charge in [-0.2, -0.15) is 0 Å². The van der Waals surface area contributed by atoms with Gasteiger partial charge in [0, 0.05) is 19.4 Å². The minimum Gasteiger partial charge on any atom is -0.496 e. The van der Waals surface area contributed by atoms with Gasteiger partial charge in [-0.15, -0.1) is 0 Å². The smallest absolute Gasteiger partial charge is 0.122 e. The van der Waals surface area contributed by atoms with Gasteiger partial charge in [-0.3, -0.25) is 0 Å². The number of methoxy groups -OCH3 is 1. The Bertz CT molecular complexity index is 410. The van der Waals surface area contributed by atoms with Crippen LogP contribution in [0, 0.1) is 0 Å². The first kappa shape index (κ1) is 10.2. The van der Waals surface area contributed by atoms with Crippen molar-refractivity contribution in [3.63, 3.8) is 0 Å². The molecule has 4 rings (SSSR count). The average Bonchev–Trinajstić information content (AvgIpc) is 2.11. The van der Waals surface area contributed by atoms with Crippen LogP contribution in [0.4, 0.5) is 0 Å². The van der Waals surface area contributed by atoms with Crippen LogP contribution in [0.2, 0.25) is 5.02 Å². The normalized spacial score (nSPS) is 36.7. The van der Waals surface area contributed by atoms with Crippen LogP contribution in [0.5, 0.6) is 5.75 Å². The van der Waals surface area contributed by atoms with Gasteiger partial charge in [0.15, 0.2) is 0 Å². The number of halogens is 2. The van der Waals surface area contributed by atoms with E-state index in [0.29, 0.717) is 8.84 Å². The number of benzene rings is 1. The summed E-state index contributed by atoms with van der Waals surface area (Å²) >= 11 is 8.64. The SMILES string of the molecule is COc1ccc(Cl)cc1C12CC(I)(C1)C2. The molecule has 0 unspecified atom stereocenters. The highest BCUT2D eigenvalue weighted by Crippen LogP contribution is 2.73. The van der Waals surface area contributed by atoms with Gasteiger partial charge < -0.3 is 4.74 Å². The van der Waals surface area contributed by atoms with Crippen LogP contribution in [0.25, 0.3) is 0 Å². The summed E-state index contributed by atoms with van der Waals surface area (Å²) in [6.07, 6.45) is 3.87. The molecule has 3 saturated carbocycles. The molecule has 1 nitrogen and oxygen atoms in total. The van der Waals surface area contributed by atoms with Crippen molar-refractivity contribution in [2.45, 2.75) is 28.1 Å². The molecule has 15 heavy (non-hydrogen) atoms. The summed E-state index contributed by atoms with van der Waals surface area (Å²) in [7, 11) is 1.73. The lowest BCUT2D eigenvalue weighted by atomic mass is 9.42. The Morgan fingerprint density at radius 2 is 2.00 bits per heavy atom. The van der Waals surface area contributed by atoms with Gasteiger partial charge in [0.2, 0.25) is 0 Å². The van der Waals surface area contributed by atoms with E-state index in [0.717, 1.165) is 10.8 Å². The first-order valence-electron chi connectivity index (χ1n) is 5.10. The fourth-order valence-electron chi connectivity index (χ4n) is 3.04. The lowest BCUT2D eigenvalue weighted by molar-refractivity contribution is 0.0199. The molecule has 0 radical (unpaired) electrons. The molecule has 3 aliphatic rings. The van der Waals surface area contributed by atoms with E-state index < -0.39 is 0 Å². The molecule has 0 N–H and O–H groups in total. The maximum atomic E-state index is 6.06. The van der Waals surface area contributed by atoms with Crippen LogP contribution >= 0.6 is 34.2 Å². The molecule has 80 valence electrons. The Morgan fingerprint density at radius 1 is 1.33 bits per heavy atom. The predicted molar refractivity (Wildman–Crippen MR) is 70.3 cm³/mol. The molecule has 1 aromatic carbocycles. The first-order chi connectivity index (χ1) is 7.07. The minimum absolute atomic E-state index is 0.386. The lowest BCUT2D eigenvalue weighted by Gasteiger charge is -2.68. The van der Waals surface area contributed by atoms with Gasteiger partial charge in [-0.25, -0.2) is 0 Å². The Kier molecular flexibility index (Phi) is 2.07. The van der Waals surface area contributed by atoms with Crippen LogP contribution in [-0.4, -0.2) is 10.5 Å². The Labute approximate surface area is 108 Å². The van der Waals surface area contributed by atoms with Crippen LogP contribution in [-0.2, 0) is 5.41 Å². The number of ether oxygens (including phenoxy) is 1. The molecule has 0 saturated heterocycles. The third-order valence-electron chi connectivity index (χ3n) is 3.70. The van der Waals surface area contributed by atoms with Crippen molar-refractivity contribution < 1.29 is 4.74 Å². The molecule has 3 heteroatoms. The van der Waals surface area contributed by atoms with E-state index in [2.05, 4.69) is 28.7 Å². The maximum absolute atomic E-state index is 6.06. The topological polar surface area (TPSA) is 9.23 Å². The lowest BCUT2D eigenvalue weighted by Crippen LogP contribution is -2.66. The van der Waals surface area contributed by atoms with Gasteiger partial charge in [0.05, 0.1) is 7.11 Å². The predicted octanol–water partition coefficient (Wildman–Crippen LogP) is 3.96. The van der Waals surface area contributed by atoms with E-state index in [-0.39, 0.29) is 0 Å². The maximum Gasteiger partial charge on any atom is 0.122 e. The number of rotatable bonds is 2. The zero-order valence-electron chi connectivity index (χ0n) is 8.52. The molecular weight excluding hydrogens is 322 g/mol. The standard InChI is InChI=1S/C12H12ClIO/c1-15-10-3-2-8(13)4-9(10)11-5-12(14,6-11)7-11/h2-4H,5-7H2,1H3. The number of alkyl halides is 1. The van der Waals surface area contributed by atoms with Gasteiger partial charge in [0.25, 0.3) is 0 Å². The quantitative estimate of drug-likeness (QED) is 0.588. The highest BCUT2D eigenvalue weighted by atomic mass is 127. The molecule has 0 spiro atoms. The molecule has 3 fully saturated rings. The molecule has 0 amide bonds. The van der Waals surface area contributed by atoms with Crippen molar-refractivity contribution in [1.29, 1.82) is 0 Å². The van der Waals surface area contributed by atoms with Gasteiger partial charge >= 0.3 is 0 Å². The molecule has 0 heterocycles. The minimum atomic E-state index is 0.386. The molecule has 3 aliphatic carbocycles. The summed E-state index contributed by atoms with van der Waals surface area (Å²) < 4.78 is 6.01. The van der Waals surface area contributed by atoms with Crippen molar-refractivity contribution >= 4 is 34.2 Å². The van der Waals surface area contributed by atoms with E-state index in [1.807, 2.05) is 12.1 Å². The molecule has 0 aliphatic heterocycles. The Balaban J connectivity index is 2.01. The van der Waals surface area contributed by atoms with Crippen molar-refractivity contribution in [3.8, 4) is 5.75 Å². The fourth-order valence-corrected chi connectivity index (χ4v) is 5.41. The largest absolute Gasteiger partial charge is 0.496 e. The van der Waals surface area contributed by atoms with Crippen molar-refractivity contribution in [2.24, 2.45) is 0 Å². The summed E-state index contributed by atoms with van der Waals surface area (Å²) in [5.41, 5.74) is 1.70. The van der Waals surface area contributed by atoms with E-state index in [1.165, 1.54) is 24.8 Å². The van der Waals surface area contributed by atoms with Crippen LogP contribution in [0.1, 0.15) is 24.8 Å². The van der Waals surface area contributed by atoms with E-state index >= 15 is 0 Å². The molecule has 0 aromatic heterocycles. The fraction of sp³-hybridized carbons (Fsp3) is 0.500. The number of hydrogen-bond acceptors (Lipinski definition) is 1. The van der Waals surface area contributed by atoms with Crippen LogP contribution < -0.4 is 4.74 Å². The third kappa shape index (κ3) is 1.34. The highest BCUT2D eigenvalue weighted by molar-refractivity contribution is 14.1. The average molecular weight is 335 g/mol. The van der Waals surface area contributed by atoms with Gasteiger partial charge in [0.1, 0.15) is 5.75 Å². The zero-order valence-corrected chi connectivity index (χ0v) is 11.4. The van der Waals surface area contributed by atoms with E-state index in [9.17, 15) is 0 Å². The van der Waals surface area contributed by atoms with E-state index in [4.69, 9.17) is 16.3 Å². The molecule has 0 atom stereocenters. The van der Waals surface area contributed by atoms with Crippen molar-refractivity contribution in [2.75, 3.05) is 7.11 Å². The molecular formula is C12H12ClIO. The summed E-state index contributed by atoms with van der Waals surface area (Å²) in [5, 5.41) is 0.818. The number of hydrogen-bond donors (Lipinski definition) is 0. The second kappa shape index (κ2) is 3.04.